The van der Waals surface area contributed by atoms with Crippen LogP contribution in [0.25, 0.3) is 44.7 Å². The summed E-state index contributed by atoms with van der Waals surface area (Å²) >= 11 is 0. The molecule has 0 saturated carbocycles. The molecule has 7 heteroatoms. The van der Waals surface area contributed by atoms with E-state index in [1.54, 1.807) is 50.5 Å². The van der Waals surface area contributed by atoms with Crippen molar-refractivity contribution in [1.82, 2.24) is 19.5 Å². The van der Waals surface area contributed by atoms with Crippen LogP contribution in [0.5, 0.6) is 0 Å². The molecule has 0 amide bonds. The number of halogens is 2. The standard InChI is InChI=1S/C27H22F2N4O/c1-27(2,34)26-32-25-24(33(26)3)22(16-4-8-19(28)9-5-16)21(17-12-14-30-15-13-17)23(31-25)18-6-10-20(29)11-7-18/h4-15,34H,1-3H3. The average molecular weight is 456 g/mol. The summed E-state index contributed by atoms with van der Waals surface area (Å²) < 4.78 is 29.4. The van der Waals surface area contributed by atoms with E-state index in [1.165, 1.54) is 24.3 Å². The number of pyridine rings is 2. The quantitative estimate of drug-likeness (QED) is 0.367. The zero-order chi connectivity index (χ0) is 24.0. The van der Waals surface area contributed by atoms with Gasteiger partial charge in [-0.3, -0.25) is 4.98 Å². The summed E-state index contributed by atoms with van der Waals surface area (Å²) in [6.45, 7) is 3.33. The Bertz CT molecular complexity index is 1490. The third kappa shape index (κ3) is 3.74. The first kappa shape index (κ1) is 21.9. The van der Waals surface area contributed by atoms with Gasteiger partial charge in [0.15, 0.2) is 5.65 Å². The van der Waals surface area contributed by atoms with Gasteiger partial charge in [0.05, 0.1) is 11.2 Å². The Balaban J connectivity index is 1.99. The molecule has 0 spiro atoms. The Labute approximate surface area is 195 Å². The molecule has 5 nitrogen and oxygen atoms in total. The highest BCUT2D eigenvalue weighted by Gasteiger charge is 2.28. The van der Waals surface area contributed by atoms with Crippen molar-refractivity contribution in [2.75, 3.05) is 0 Å². The van der Waals surface area contributed by atoms with Gasteiger partial charge < -0.3 is 9.67 Å². The molecular formula is C27H22F2N4O. The Kier molecular flexibility index (Phi) is 5.21. The molecule has 0 fully saturated rings. The number of benzene rings is 2. The van der Waals surface area contributed by atoms with Crippen LogP contribution < -0.4 is 0 Å². The highest BCUT2D eigenvalue weighted by Crippen LogP contribution is 2.43. The summed E-state index contributed by atoms with van der Waals surface area (Å²) in [6, 6.07) is 16.1. The maximum atomic E-state index is 13.9. The lowest BCUT2D eigenvalue weighted by atomic mass is 9.90. The molecule has 0 bridgehead atoms. The third-order valence-corrected chi connectivity index (χ3v) is 5.78. The summed E-state index contributed by atoms with van der Waals surface area (Å²) in [6.07, 6.45) is 3.38. The van der Waals surface area contributed by atoms with E-state index in [0.29, 0.717) is 28.2 Å². The molecule has 0 unspecified atom stereocenters. The van der Waals surface area contributed by atoms with Crippen molar-refractivity contribution in [3.05, 3.63) is 90.5 Å². The first-order valence-corrected chi connectivity index (χ1v) is 10.8. The number of aryl methyl sites for hydroxylation is 1. The fourth-order valence-electron chi connectivity index (χ4n) is 4.30. The van der Waals surface area contributed by atoms with Gasteiger partial charge in [-0.2, -0.15) is 0 Å². The predicted octanol–water partition coefficient (Wildman–Crippen LogP) is 5.87. The van der Waals surface area contributed by atoms with E-state index in [2.05, 4.69) is 9.97 Å². The summed E-state index contributed by atoms with van der Waals surface area (Å²) in [5, 5.41) is 10.8. The topological polar surface area (TPSA) is 63.8 Å². The van der Waals surface area contributed by atoms with Crippen molar-refractivity contribution in [2.45, 2.75) is 19.4 Å². The fraction of sp³-hybridized carbons (Fsp3) is 0.148. The zero-order valence-corrected chi connectivity index (χ0v) is 18.9. The molecule has 3 aromatic heterocycles. The van der Waals surface area contributed by atoms with E-state index in [0.717, 1.165) is 22.3 Å². The van der Waals surface area contributed by atoms with Gasteiger partial charge in [0.1, 0.15) is 23.1 Å². The van der Waals surface area contributed by atoms with Crippen molar-refractivity contribution in [3.8, 4) is 33.5 Å². The number of aliphatic hydroxyl groups is 1. The van der Waals surface area contributed by atoms with Crippen LogP contribution in [0.2, 0.25) is 0 Å². The molecule has 0 aliphatic rings. The van der Waals surface area contributed by atoms with Crippen molar-refractivity contribution in [3.63, 3.8) is 0 Å². The van der Waals surface area contributed by atoms with E-state index in [9.17, 15) is 13.9 Å². The van der Waals surface area contributed by atoms with E-state index >= 15 is 0 Å². The average Bonchev–Trinajstić information content (AvgIpc) is 3.16. The van der Waals surface area contributed by atoms with Crippen LogP contribution in [0.15, 0.2) is 73.1 Å². The SMILES string of the molecule is Cn1c(C(C)(C)O)nc2nc(-c3ccc(F)cc3)c(-c3ccncc3)c(-c3ccc(F)cc3)c21. The number of aromatic nitrogens is 4. The number of fused-ring (bicyclic) bond motifs is 1. The van der Waals surface area contributed by atoms with Crippen molar-refractivity contribution >= 4 is 11.2 Å². The first-order chi connectivity index (χ1) is 16.2. The van der Waals surface area contributed by atoms with E-state index in [4.69, 9.17) is 4.98 Å². The molecular weight excluding hydrogens is 434 g/mol. The molecule has 0 aliphatic heterocycles. The summed E-state index contributed by atoms with van der Waals surface area (Å²) in [7, 11) is 1.82. The lowest BCUT2D eigenvalue weighted by Crippen LogP contribution is -2.20. The van der Waals surface area contributed by atoms with Crippen LogP contribution in [0.1, 0.15) is 19.7 Å². The van der Waals surface area contributed by atoms with Gasteiger partial charge in [-0.1, -0.05) is 12.1 Å². The van der Waals surface area contributed by atoms with Crippen molar-refractivity contribution in [2.24, 2.45) is 7.05 Å². The number of hydrogen-bond acceptors (Lipinski definition) is 4. The molecule has 3 heterocycles. The molecule has 1 N–H and O–H groups in total. The molecule has 0 atom stereocenters. The fourth-order valence-corrected chi connectivity index (χ4v) is 4.30. The third-order valence-electron chi connectivity index (χ3n) is 5.78. The smallest absolute Gasteiger partial charge is 0.179 e. The molecule has 170 valence electrons. The number of imidazole rings is 1. The van der Waals surface area contributed by atoms with Gasteiger partial charge in [-0.25, -0.2) is 18.7 Å². The number of hydrogen-bond donors (Lipinski definition) is 1. The molecule has 0 aliphatic carbocycles. The second-order valence-electron chi connectivity index (χ2n) is 8.69. The van der Waals surface area contributed by atoms with Crippen LogP contribution in [-0.2, 0) is 12.6 Å². The van der Waals surface area contributed by atoms with Gasteiger partial charge in [0, 0.05) is 36.1 Å². The van der Waals surface area contributed by atoms with Crippen LogP contribution in [0.3, 0.4) is 0 Å². The second kappa shape index (κ2) is 8.11. The number of rotatable bonds is 4. The Morgan fingerprint density at radius 1 is 0.735 bits per heavy atom. The summed E-state index contributed by atoms with van der Waals surface area (Å²) in [5.41, 5.74) is 4.36. The monoisotopic (exact) mass is 456 g/mol. The normalized spacial score (nSPS) is 11.8. The highest BCUT2D eigenvalue weighted by molar-refractivity contribution is 6.05. The van der Waals surface area contributed by atoms with Crippen molar-refractivity contribution in [1.29, 1.82) is 0 Å². The number of nitrogens with zero attached hydrogens (tertiary/aromatic N) is 4. The van der Waals surface area contributed by atoms with Gasteiger partial charge in [-0.05, 0) is 73.5 Å². The van der Waals surface area contributed by atoms with E-state index in [-0.39, 0.29) is 11.6 Å². The minimum atomic E-state index is -1.22. The summed E-state index contributed by atoms with van der Waals surface area (Å²) in [4.78, 5) is 13.7. The maximum Gasteiger partial charge on any atom is 0.179 e. The minimum absolute atomic E-state index is 0.347. The first-order valence-electron chi connectivity index (χ1n) is 10.8. The van der Waals surface area contributed by atoms with Crippen LogP contribution in [-0.4, -0.2) is 24.6 Å². The summed E-state index contributed by atoms with van der Waals surface area (Å²) in [5.74, 6) is -0.257. The maximum absolute atomic E-state index is 13.9. The van der Waals surface area contributed by atoms with Gasteiger partial charge in [0.25, 0.3) is 0 Å². The molecule has 34 heavy (non-hydrogen) atoms. The van der Waals surface area contributed by atoms with Gasteiger partial charge in [-0.15, -0.1) is 0 Å². The lowest BCUT2D eigenvalue weighted by molar-refractivity contribution is 0.0663. The molecule has 2 aromatic carbocycles. The molecule has 5 aromatic rings. The largest absolute Gasteiger partial charge is 0.383 e. The van der Waals surface area contributed by atoms with Crippen LogP contribution in [0.4, 0.5) is 8.78 Å². The van der Waals surface area contributed by atoms with Crippen molar-refractivity contribution < 1.29 is 13.9 Å². The van der Waals surface area contributed by atoms with Crippen LogP contribution >= 0.6 is 0 Å². The van der Waals surface area contributed by atoms with Gasteiger partial charge in [0.2, 0.25) is 0 Å². The minimum Gasteiger partial charge on any atom is -0.383 e. The Morgan fingerprint density at radius 2 is 1.26 bits per heavy atom. The lowest BCUT2D eigenvalue weighted by Gasteiger charge is -2.19. The van der Waals surface area contributed by atoms with Crippen LogP contribution in [0, 0.1) is 11.6 Å². The zero-order valence-electron chi connectivity index (χ0n) is 18.9. The Morgan fingerprint density at radius 3 is 1.82 bits per heavy atom. The van der Waals surface area contributed by atoms with E-state index in [1.807, 2.05) is 23.7 Å². The Hall–Kier alpha value is -3.97. The molecule has 0 radical (unpaired) electrons. The molecule has 5 rings (SSSR count). The highest BCUT2D eigenvalue weighted by atomic mass is 19.1. The molecule has 0 saturated heterocycles. The second-order valence-corrected chi connectivity index (χ2v) is 8.69. The van der Waals surface area contributed by atoms with E-state index < -0.39 is 5.60 Å². The predicted molar refractivity (Wildman–Crippen MR) is 128 cm³/mol. The van der Waals surface area contributed by atoms with Gasteiger partial charge >= 0.3 is 0 Å².